The highest BCUT2D eigenvalue weighted by Crippen LogP contribution is 2.30. The molecule has 2 aromatic heterocycles. The molecule has 0 unspecified atom stereocenters. The van der Waals surface area contributed by atoms with Gasteiger partial charge >= 0.3 is 0 Å². The summed E-state index contributed by atoms with van der Waals surface area (Å²) in [7, 11) is 1.39. The van der Waals surface area contributed by atoms with E-state index in [1.807, 2.05) is 0 Å². The van der Waals surface area contributed by atoms with Gasteiger partial charge in [-0.05, 0) is 30.3 Å². The summed E-state index contributed by atoms with van der Waals surface area (Å²) in [5.74, 6) is -0.545. The molecule has 2 heterocycles. The van der Waals surface area contributed by atoms with Crippen molar-refractivity contribution in [3.63, 3.8) is 0 Å². The molecule has 0 bridgehead atoms. The molecule has 0 atom stereocenters. The maximum atomic E-state index is 14.4. The highest BCUT2D eigenvalue weighted by Gasteiger charge is 2.23. The third kappa shape index (κ3) is 3.73. The smallest absolute Gasteiger partial charge is 0.271 e. The summed E-state index contributed by atoms with van der Waals surface area (Å²) in [6.07, 6.45) is 4.69. The van der Waals surface area contributed by atoms with Crippen molar-refractivity contribution < 1.29 is 18.8 Å². The SMILES string of the molecule is COc1ccc([N+](=O)[O-])cc1NC(=O)c1cnn(-c2ccccc2F)c1-n1cccc1. The topological polar surface area (TPSA) is 104 Å². The molecule has 0 spiro atoms. The van der Waals surface area contributed by atoms with Crippen LogP contribution in [0.25, 0.3) is 11.5 Å². The van der Waals surface area contributed by atoms with Crippen LogP contribution >= 0.6 is 0 Å². The van der Waals surface area contributed by atoms with Crippen LogP contribution in [0.4, 0.5) is 15.8 Å². The standard InChI is InChI=1S/C21H16FN5O4/c1-31-19-9-8-14(27(29)30)12-17(19)24-20(28)15-13-23-26(18-7-3-2-6-16(18)22)21(15)25-10-4-5-11-25/h2-13H,1H3,(H,24,28). The first-order chi connectivity index (χ1) is 15.0. The molecule has 156 valence electrons. The van der Waals surface area contributed by atoms with Gasteiger partial charge in [0.05, 0.1) is 23.9 Å². The summed E-state index contributed by atoms with van der Waals surface area (Å²) in [5.41, 5.74) is 0.216. The average Bonchev–Trinajstić information content (AvgIpc) is 3.43. The zero-order chi connectivity index (χ0) is 22.0. The number of hydrogen-bond acceptors (Lipinski definition) is 5. The number of amides is 1. The van der Waals surface area contributed by atoms with E-state index in [0.29, 0.717) is 5.82 Å². The van der Waals surface area contributed by atoms with Crippen LogP contribution in [0, 0.1) is 15.9 Å². The molecular weight excluding hydrogens is 405 g/mol. The molecule has 0 aliphatic rings. The quantitative estimate of drug-likeness (QED) is 0.375. The second-order valence-electron chi connectivity index (χ2n) is 6.43. The molecule has 0 saturated heterocycles. The Hall–Kier alpha value is -4.47. The van der Waals surface area contributed by atoms with Crippen molar-refractivity contribution in [2.24, 2.45) is 0 Å². The molecule has 0 saturated carbocycles. The number of halogens is 1. The number of benzene rings is 2. The lowest BCUT2D eigenvalue weighted by Gasteiger charge is -2.13. The molecule has 4 rings (SSSR count). The third-order valence-electron chi connectivity index (χ3n) is 4.56. The van der Waals surface area contributed by atoms with Gasteiger partial charge in [-0.2, -0.15) is 5.10 Å². The number of aromatic nitrogens is 3. The largest absolute Gasteiger partial charge is 0.495 e. The number of non-ortho nitro benzene ring substituents is 1. The van der Waals surface area contributed by atoms with Gasteiger partial charge in [0.1, 0.15) is 22.8 Å². The van der Waals surface area contributed by atoms with Crippen LogP contribution in [0.5, 0.6) is 5.75 Å². The van der Waals surface area contributed by atoms with E-state index in [4.69, 9.17) is 4.74 Å². The van der Waals surface area contributed by atoms with Crippen LogP contribution in [0.1, 0.15) is 10.4 Å². The number of nitrogens with zero attached hydrogens (tertiary/aromatic N) is 4. The molecular formula is C21H16FN5O4. The van der Waals surface area contributed by atoms with Gasteiger partial charge in [0.25, 0.3) is 11.6 Å². The Morgan fingerprint density at radius 1 is 1.16 bits per heavy atom. The van der Waals surface area contributed by atoms with Crippen molar-refractivity contribution in [2.45, 2.75) is 0 Å². The Morgan fingerprint density at radius 3 is 2.58 bits per heavy atom. The van der Waals surface area contributed by atoms with Crippen molar-refractivity contribution in [3.8, 4) is 17.3 Å². The molecule has 0 radical (unpaired) electrons. The van der Waals surface area contributed by atoms with Crippen molar-refractivity contribution in [3.05, 3.63) is 94.7 Å². The first kappa shape index (κ1) is 19.8. The number of carbonyl (C=O) groups excluding carboxylic acids is 1. The monoisotopic (exact) mass is 421 g/mol. The molecule has 2 aromatic carbocycles. The highest BCUT2D eigenvalue weighted by molar-refractivity contribution is 6.07. The molecule has 0 fully saturated rings. The number of ether oxygens (including phenoxy) is 1. The van der Waals surface area contributed by atoms with Crippen LogP contribution in [0.3, 0.4) is 0 Å². The third-order valence-corrected chi connectivity index (χ3v) is 4.56. The van der Waals surface area contributed by atoms with Gasteiger partial charge in [0, 0.05) is 24.5 Å². The fourth-order valence-electron chi connectivity index (χ4n) is 3.12. The lowest BCUT2D eigenvalue weighted by atomic mass is 10.2. The molecule has 4 aromatic rings. The Morgan fingerprint density at radius 2 is 1.90 bits per heavy atom. The van der Waals surface area contributed by atoms with E-state index >= 15 is 0 Å². The summed E-state index contributed by atoms with van der Waals surface area (Å²) >= 11 is 0. The summed E-state index contributed by atoms with van der Waals surface area (Å²) < 4.78 is 22.6. The maximum absolute atomic E-state index is 14.4. The minimum absolute atomic E-state index is 0.124. The van der Waals surface area contributed by atoms with E-state index in [2.05, 4.69) is 10.4 Å². The van der Waals surface area contributed by atoms with E-state index in [0.717, 1.165) is 0 Å². The lowest BCUT2D eigenvalue weighted by Crippen LogP contribution is -2.16. The molecule has 9 nitrogen and oxygen atoms in total. The summed E-state index contributed by atoms with van der Waals surface area (Å²) in [6.45, 7) is 0. The van der Waals surface area contributed by atoms with Crippen molar-refractivity contribution in [1.29, 1.82) is 0 Å². The lowest BCUT2D eigenvalue weighted by molar-refractivity contribution is -0.384. The summed E-state index contributed by atoms with van der Waals surface area (Å²) in [4.78, 5) is 23.6. The number of anilines is 1. The Bertz CT molecular complexity index is 1270. The van der Waals surface area contributed by atoms with E-state index in [9.17, 15) is 19.3 Å². The fourth-order valence-corrected chi connectivity index (χ4v) is 3.12. The predicted octanol–water partition coefficient (Wildman–Crippen LogP) is 3.97. The zero-order valence-corrected chi connectivity index (χ0v) is 16.2. The van der Waals surface area contributed by atoms with Crippen LogP contribution in [-0.2, 0) is 0 Å². The zero-order valence-electron chi connectivity index (χ0n) is 16.2. The number of methoxy groups -OCH3 is 1. The summed E-state index contributed by atoms with van der Waals surface area (Å²) in [6, 6.07) is 13.4. The van der Waals surface area contributed by atoms with Crippen molar-refractivity contribution in [1.82, 2.24) is 14.3 Å². The van der Waals surface area contributed by atoms with Gasteiger partial charge in [-0.15, -0.1) is 0 Å². The van der Waals surface area contributed by atoms with Crippen LogP contribution < -0.4 is 10.1 Å². The molecule has 0 aliphatic heterocycles. The van der Waals surface area contributed by atoms with E-state index < -0.39 is 16.6 Å². The first-order valence-electron chi connectivity index (χ1n) is 9.09. The number of rotatable bonds is 6. The van der Waals surface area contributed by atoms with Gasteiger partial charge in [-0.1, -0.05) is 12.1 Å². The first-order valence-corrected chi connectivity index (χ1v) is 9.09. The number of nitro groups is 1. The van der Waals surface area contributed by atoms with Crippen molar-refractivity contribution in [2.75, 3.05) is 12.4 Å². The molecule has 0 aliphatic carbocycles. The van der Waals surface area contributed by atoms with Gasteiger partial charge in [0.15, 0.2) is 5.82 Å². The Balaban J connectivity index is 1.79. The van der Waals surface area contributed by atoms with Crippen molar-refractivity contribution >= 4 is 17.3 Å². The second-order valence-corrected chi connectivity index (χ2v) is 6.43. The van der Waals surface area contributed by atoms with Gasteiger partial charge in [0.2, 0.25) is 0 Å². The second kappa shape index (κ2) is 8.11. The maximum Gasteiger partial charge on any atom is 0.271 e. The van der Waals surface area contributed by atoms with Gasteiger partial charge in [-0.25, -0.2) is 9.07 Å². The molecule has 10 heteroatoms. The predicted molar refractivity (Wildman–Crippen MR) is 110 cm³/mol. The van der Waals surface area contributed by atoms with E-state index in [1.54, 1.807) is 47.3 Å². The minimum Gasteiger partial charge on any atom is -0.495 e. The van der Waals surface area contributed by atoms with Gasteiger partial charge < -0.3 is 14.6 Å². The number of carbonyl (C=O) groups is 1. The molecule has 1 amide bonds. The number of nitrogens with one attached hydrogen (secondary N) is 1. The fraction of sp³-hybridized carbons (Fsp3) is 0.0476. The highest BCUT2D eigenvalue weighted by atomic mass is 19.1. The number of hydrogen-bond donors (Lipinski definition) is 1. The molecule has 31 heavy (non-hydrogen) atoms. The van der Waals surface area contributed by atoms with Crippen LogP contribution in [-0.4, -0.2) is 32.3 Å². The van der Waals surface area contributed by atoms with Crippen LogP contribution in [0.15, 0.2) is 73.2 Å². The van der Waals surface area contributed by atoms with Gasteiger partial charge in [-0.3, -0.25) is 14.9 Å². The van der Waals surface area contributed by atoms with Crippen LogP contribution in [0.2, 0.25) is 0 Å². The number of para-hydroxylation sites is 1. The Labute approximate surface area is 175 Å². The average molecular weight is 421 g/mol. The van der Waals surface area contributed by atoms with E-state index in [-0.39, 0.29) is 28.4 Å². The number of nitro benzene ring substituents is 1. The minimum atomic E-state index is -0.593. The molecule has 1 N–H and O–H groups in total. The Kier molecular flexibility index (Phi) is 5.19. The van der Waals surface area contributed by atoms with E-state index in [1.165, 1.54) is 42.3 Å². The summed E-state index contributed by atoms with van der Waals surface area (Å²) in [5, 5.41) is 17.9. The normalized spacial score (nSPS) is 10.6.